The highest BCUT2D eigenvalue weighted by Gasteiger charge is 2.29. The minimum absolute atomic E-state index is 0.0422. The molecule has 2 rings (SSSR count). The fraction of sp³-hybridized carbons (Fsp3) is 0.375. The zero-order valence-corrected chi connectivity index (χ0v) is 18.2. The number of carbonyl (C=O) groups excluding carboxylic acids is 1. The molecule has 10 heteroatoms. The van der Waals surface area contributed by atoms with Crippen LogP contribution in [0, 0.1) is 16.4 Å². The van der Waals surface area contributed by atoms with Gasteiger partial charge in [-0.1, -0.05) is 23.2 Å². The first-order valence-corrected chi connectivity index (χ1v) is 9.34. The Balaban J connectivity index is 2.16. The highest BCUT2D eigenvalue weighted by molar-refractivity contribution is 14.1. The number of amides is 1. The monoisotopic (exact) mass is 515 g/mol. The molecule has 0 bridgehead atoms. The number of rotatable bonds is 6. The molecule has 1 unspecified atom stereocenters. The van der Waals surface area contributed by atoms with E-state index in [2.05, 4.69) is 27.7 Å². The summed E-state index contributed by atoms with van der Waals surface area (Å²) in [5, 5.41) is 5.65. The Hall–Kier alpha value is -1.10. The maximum atomic E-state index is 14.2. The molecule has 142 valence electrons. The van der Waals surface area contributed by atoms with Crippen LogP contribution in [0.3, 0.4) is 0 Å². The number of benzene rings is 1. The standard InChI is InChI=1S/C16H17Cl2FIN3O3/c1-8(7-26-14-11(17)5-10(20)6-12(14)18)23(25-4)16(24)13-9(2)21-22(3)15(13)19/h5-6,8H,7H2,1-4H3. The number of hydrogen-bond acceptors (Lipinski definition) is 4. The lowest BCUT2D eigenvalue weighted by Crippen LogP contribution is -2.41. The largest absolute Gasteiger partial charge is 0.488 e. The van der Waals surface area contributed by atoms with E-state index >= 15 is 0 Å². The quantitative estimate of drug-likeness (QED) is 0.426. The Bertz CT molecular complexity index is 808. The number of ether oxygens (including phenoxy) is 1. The number of aromatic nitrogens is 2. The summed E-state index contributed by atoms with van der Waals surface area (Å²) >= 11 is 14.4. The van der Waals surface area contributed by atoms with Crippen LogP contribution in [0.1, 0.15) is 23.0 Å². The van der Waals surface area contributed by atoms with E-state index in [4.69, 9.17) is 32.8 Å². The van der Waals surface area contributed by atoms with Crippen LogP contribution in [0.2, 0.25) is 10.0 Å². The van der Waals surface area contributed by atoms with Gasteiger partial charge in [0.2, 0.25) is 5.95 Å². The van der Waals surface area contributed by atoms with Crippen molar-refractivity contribution in [3.8, 4) is 5.75 Å². The van der Waals surface area contributed by atoms with Crippen molar-refractivity contribution in [2.45, 2.75) is 19.9 Å². The van der Waals surface area contributed by atoms with E-state index in [1.165, 1.54) is 14.2 Å². The van der Waals surface area contributed by atoms with Crippen molar-refractivity contribution in [3.05, 3.63) is 43.0 Å². The van der Waals surface area contributed by atoms with Crippen LogP contribution in [-0.2, 0) is 11.9 Å². The average molecular weight is 516 g/mol. The molecule has 0 spiro atoms. The molecule has 0 aliphatic heterocycles. The average Bonchev–Trinajstić information content (AvgIpc) is 2.79. The number of halogens is 4. The fourth-order valence-electron chi connectivity index (χ4n) is 2.38. The summed E-state index contributed by atoms with van der Waals surface area (Å²) in [6.07, 6.45) is 0. The summed E-state index contributed by atoms with van der Waals surface area (Å²) in [6, 6.07) is 2.88. The molecule has 0 aliphatic carbocycles. The van der Waals surface area contributed by atoms with Crippen molar-refractivity contribution >= 4 is 51.7 Å². The van der Waals surface area contributed by atoms with E-state index in [1.54, 1.807) is 26.0 Å². The molecule has 0 saturated carbocycles. The summed E-state index contributed by atoms with van der Waals surface area (Å²) in [4.78, 5) is 17.8. The Morgan fingerprint density at radius 2 is 2.00 bits per heavy atom. The van der Waals surface area contributed by atoms with Crippen LogP contribution in [-0.4, -0.2) is 40.5 Å². The zero-order valence-electron chi connectivity index (χ0n) is 14.5. The van der Waals surface area contributed by atoms with E-state index in [0.717, 1.165) is 13.3 Å². The van der Waals surface area contributed by atoms with Gasteiger partial charge in [0.05, 0.1) is 28.9 Å². The van der Waals surface area contributed by atoms with Gasteiger partial charge in [-0.3, -0.25) is 9.63 Å². The van der Waals surface area contributed by atoms with Crippen LogP contribution >= 0.6 is 45.8 Å². The Labute approximate surface area is 174 Å². The van der Waals surface area contributed by atoms with Gasteiger partial charge < -0.3 is 4.74 Å². The maximum absolute atomic E-state index is 14.2. The highest BCUT2D eigenvalue weighted by atomic mass is 127. The predicted molar refractivity (Wildman–Crippen MR) is 105 cm³/mol. The highest BCUT2D eigenvalue weighted by Crippen LogP contribution is 2.34. The van der Waals surface area contributed by atoms with Gasteiger partial charge in [0.25, 0.3) is 5.91 Å². The maximum Gasteiger partial charge on any atom is 0.284 e. The molecule has 26 heavy (non-hydrogen) atoms. The van der Waals surface area contributed by atoms with Gasteiger partial charge in [-0.25, -0.2) is 9.75 Å². The first kappa shape index (κ1) is 21.2. The van der Waals surface area contributed by atoms with E-state index in [0.29, 0.717) is 15.8 Å². The minimum Gasteiger partial charge on any atom is -0.488 e. The summed E-state index contributed by atoms with van der Waals surface area (Å²) in [6.45, 7) is 3.29. The molecular formula is C16H17Cl2FIN3O3. The number of hydrogen-bond donors (Lipinski definition) is 0. The molecule has 0 radical (unpaired) electrons. The van der Waals surface area contributed by atoms with Gasteiger partial charge in [0, 0.05) is 10.6 Å². The van der Waals surface area contributed by atoms with Crippen molar-refractivity contribution in [1.82, 2.24) is 14.8 Å². The molecule has 6 nitrogen and oxygen atoms in total. The summed E-state index contributed by atoms with van der Waals surface area (Å²) in [7, 11) is 2.74. The molecule has 0 saturated heterocycles. The molecule has 1 heterocycles. The van der Waals surface area contributed by atoms with Gasteiger partial charge in [-0.2, -0.15) is 9.49 Å². The van der Waals surface area contributed by atoms with Crippen LogP contribution in [0.15, 0.2) is 12.1 Å². The van der Waals surface area contributed by atoms with Gasteiger partial charge in [0.15, 0.2) is 5.75 Å². The molecule has 2 aromatic rings. The fourth-order valence-corrected chi connectivity index (χ4v) is 3.97. The van der Waals surface area contributed by atoms with Crippen molar-refractivity contribution in [2.75, 3.05) is 13.7 Å². The summed E-state index contributed by atoms with van der Waals surface area (Å²) in [5.74, 6) is -1.06. The second-order valence-electron chi connectivity index (χ2n) is 5.55. The Kier molecular flexibility index (Phi) is 7.12. The molecule has 0 aliphatic rings. The number of aryl methyl sites for hydroxylation is 2. The first-order valence-electron chi connectivity index (χ1n) is 7.51. The smallest absolute Gasteiger partial charge is 0.284 e. The second-order valence-corrected chi connectivity index (χ2v) is 7.61. The molecule has 0 N–H and O–H groups in total. The third kappa shape index (κ3) is 4.41. The lowest BCUT2D eigenvalue weighted by Gasteiger charge is -2.26. The van der Waals surface area contributed by atoms with Gasteiger partial charge in [-0.05, 0) is 48.6 Å². The minimum atomic E-state index is -0.730. The Morgan fingerprint density at radius 1 is 1.42 bits per heavy atom. The van der Waals surface area contributed by atoms with Gasteiger partial charge in [0.1, 0.15) is 12.2 Å². The lowest BCUT2D eigenvalue weighted by molar-refractivity contribution is -0.126. The van der Waals surface area contributed by atoms with Gasteiger partial charge >= 0.3 is 0 Å². The van der Waals surface area contributed by atoms with E-state index < -0.39 is 17.9 Å². The van der Waals surface area contributed by atoms with Gasteiger partial charge in [-0.15, -0.1) is 0 Å². The van der Waals surface area contributed by atoms with Crippen LogP contribution in [0.25, 0.3) is 0 Å². The molecule has 1 atom stereocenters. The SMILES string of the molecule is CON(C(=O)c1c(C)nn(C)c1F)C(C)COc1c(Cl)cc(I)cc1Cl. The lowest BCUT2D eigenvalue weighted by atomic mass is 10.2. The number of hydroxylamine groups is 2. The van der Waals surface area contributed by atoms with E-state index in [9.17, 15) is 9.18 Å². The zero-order chi connectivity index (χ0) is 19.6. The van der Waals surface area contributed by atoms with Crippen molar-refractivity contribution in [2.24, 2.45) is 7.05 Å². The summed E-state index contributed by atoms with van der Waals surface area (Å²) < 4.78 is 21.7. The topological polar surface area (TPSA) is 56.6 Å². The molecule has 1 aromatic heterocycles. The van der Waals surface area contributed by atoms with Crippen molar-refractivity contribution in [3.63, 3.8) is 0 Å². The van der Waals surface area contributed by atoms with Crippen LogP contribution in [0.4, 0.5) is 4.39 Å². The van der Waals surface area contributed by atoms with Crippen molar-refractivity contribution in [1.29, 1.82) is 0 Å². The molecular weight excluding hydrogens is 499 g/mol. The normalized spacial score (nSPS) is 12.2. The predicted octanol–water partition coefficient (Wildman–Crippen LogP) is 4.25. The molecule has 1 aromatic carbocycles. The van der Waals surface area contributed by atoms with E-state index in [-0.39, 0.29) is 17.9 Å². The third-order valence-corrected chi connectivity index (χ3v) is 4.78. The van der Waals surface area contributed by atoms with Crippen molar-refractivity contribution < 1.29 is 18.8 Å². The molecule has 1 amide bonds. The number of nitrogens with zero attached hydrogens (tertiary/aromatic N) is 3. The first-order chi connectivity index (χ1) is 12.2. The van der Waals surface area contributed by atoms with E-state index in [1.807, 2.05) is 0 Å². The second kappa shape index (κ2) is 8.73. The third-order valence-electron chi connectivity index (χ3n) is 3.60. The number of carbonyl (C=O) groups is 1. The van der Waals surface area contributed by atoms with Crippen LogP contribution < -0.4 is 4.74 Å². The van der Waals surface area contributed by atoms with Crippen LogP contribution in [0.5, 0.6) is 5.75 Å². The Morgan fingerprint density at radius 3 is 2.46 bits per heavy atom. The summed E-state index contributed by atoms with van der Waals surface area (Å²) in [5.41, 5.74) is 0.125. The molecule has 0 fully saturated rings.